The second kappa shape index (κ2) is 8.98. The van der Waals surface area contributed by atoms with E-state index < -0.39 is 6.10 Å². The van der Waals surface area contributed by atoms with E-state index >= 15 is 0 Å². The van der Waals surface area contributed by atoms with Gasteiger partial charge in [0.25, 0.3) is 0 Å². The number of nitrogens with zero attached hydrogens (tertiary/aromatic N) is 1. The summed E-state index contributed by atoms with van der Waals surface area (Å²) in [5, 5.41) is 3.07. The molecule has 0 spiro atoms. The van der Waals surface area contributed by atoms with Crippen LogP contribution < -0.4 is 5.32 Å². The van der Waals surface area contributed by atoms with E-state index in [1.165, 1.54) is 12.0 Å². The molecule has 2 saturated heterocycles. The molecule has 1 aromatic rings. The SMILES string of the molecule is C[C@H](OC[C@H]1CCCCO1)C(=O)NCC1(C)CN(Cc2ccccc2)C1. The molecule has 0 radical (unpaired) electrons. The van der Waals surface area contributed by atoms with Crippen molar-refractivity contribution in [1.82, 2.24) is 10.2 Å². The average Bonchev–Trinajstić information content (AvgIpc) is 2.64. The topological polar surface area (TPSA) is 50.8 Å². The molecule has 2 fully saturated rings. The zero-order valence-electron chi connectivity index (χ0n) is 16.1. The molecule has 2 aliphatic heterocycles. The van der Waals surface area contributed by atoms with Crippen molar-refractivity contribution in [2.24, 2.45) is 5.41 Å². The van der Waals surface area contributed by atoms with Gasteiger partial charge in [-0.2, -0.15) is 0 Å². The fourth-order valence-corrected chi connectivity index (χ4v) is 3.81. The number of ether oxygens (including phenoxy) is 2. The van der Waals surface area contributed by atoms with E-state index in [2.05, 4.69) is 41.4 Å². The lowest BCUT2D eigenvalue weighted by atomic mass is 9.81. The molecular formula is C21H32N2O3. The Balaban J connectivity index is 1.32. The largest absolute Gasteiger partial charge is 0.376 e. The lowest BCUT2D eigenvalue weighted by Crippen LogP contribution is -2.59. The van der Waals surface area contributed by atoms with Crippen molar-refractivity contribution >= 4 is 5.91 Å². The van der Waals surface area contributed by atoms with Gasteiger partial charge in [0.2, 0.25) is 5.91 Å². The Labute approximate surface area is 157 Å². The van der Waals surface area contributed by atoms with Crippen molar-refractivity contribution in [3.8, 4) is 0 Å². The van der Waals surface area contributed by atoms with Crippen molar-refractivity contribution in [3.05, 3.63) is 35.9 Å². The van der Waals surface area contributed by atoms with Crippen LogP contribution in [0.2, 0.25) is 0 Å². The predicted molar refractivity (Wildman–Crippen MR) is 102 cm³/mol. The molecule has 1 amide bonds. The maximum Gasteiger partial charge on any atom is 0.248 e. The fraction of sp³-hybridized carbons (Fsp3) is 0.667. The summed E-state index contributed by atoms with van der Waals surface area (Å²) in [7, 11) is 0. The molecule has 0 aromatic heterocycles. The minimum atomic E-state index is -0.426. The van der Waals surface area contributed by atoms with Gasteiger partial charge in [-0.3, -0.25) is 9.69 Å². The van der Waals surface area contributed by atoms with Gasteiger partial charge in [0.15, 0.2) is 0 Å². The van der Waals surface area contributed by atoms with E-state index in [0.717, 1.165) is 39.1 Å². The number of rotatable bonds is 8. The van der Waals surface area contributed by atoms with Crippen molar-refractivity contribution < 1.29 is 14.3 Å². The molecule has 3 rings (SSSR count). The minimum Gasteiger partial charge on any atom is -0.376 e. The number of nitrogens with one attached hydrogen (secondary N) is 1. The van der Waals surface area contributed by atoms with Gasteiger partial charge in [-0.05, 0) is 31.7 Å². The van der Waals surface area contributed by atoms with Crippen molar-refractivity contribution in [2.75, 3.05) is 32.8 Å². The predicted octanol–water partition coefficient (Wildman–Crippen LogP) is 2.60. The lowest BCUT2D eigenvalue weighted by molar-refractivity contribution is -0.136. The summed E-state index contributed by atoms with van der Waals surface area (Å²) < 4.78 is 11.4. The second-order valence-corrected chi connectivity index (χ2v) is 8.12. The van der Waals surface area contributed by atoms with Gasteiger partial charge >= 0.3 is 0 Å². The zero-order chi connectivity index (χ0) is 18.4. The third kappa shape index (κ3) is 5.53. The summed E-state index contributed by atoms with van der Waals surface area (Å²) >= 11 is 0. The minimum absolute atomic E-state index is 0.0245. The van der Waals surface area contributed by atoms with Crippen LogP contribution in [0.15, 0.2) is 30.3 Å². The summed E-state index contributed by atoms with van der Waals surface area (Å²) in [5.41, 5.74) is 1.49. The first-order chi connectivity index (χ1) is 12.5. The molecule has 144 valence electrons. The summed E-state index contributed by atoms with van der Waals surface area (Å²) in [6, 6.07) is 10.5. The number of benzene rings is 1. The number of carbonyl (C=O) groups is 1. The molecule has 2 heterocycles. The molecule has 0 unspecified atom stereocenters. The first kappa shape index (κ1) is 19.3. The normalized spacial score (nSPS) is 23.8. The van der Waals surface area contributed by atoms with Crippen LogP contribution in [0.1, 0.15) is 38.7 Å². The Morgan fingerprint density at radius 2 is 2.12 bits per heavy atom. The van der Waals surface area contributed by atoms with E-state index in [9.17, 15) is 4.79 Å². The van der Waals surface area contributed by atoms with Gasteiger partial charge in [0.05, 0.1) is 12.7 Å². The van der Waals surface area contributed by atoms with Gasteiger partial charge in [-0.1, -0.05) is 37.3 Å². The average molecular weight is 360 g/mol. The van der Waals surface area contributed by atoms with E-state index in [0.29, 0.717) is 13.2 Å². The van der Waals surface area contributed by atoms with Gasteiger partial charge in [-0.15, -0.1) is 0 Å². The van der Waals surface area contributed by atoms with Crippen LogP contribution in [0.3, 0.4) is 0 Å². The first-order valence-electron chi connectivity index (χ1n) is 9.81. The number of likely N-dealkylation sites (tertiary alicyclic amines) is 1. The van der Waals surface area contributed by atoms with Crippen LogP contribution >= 0.6 is 0 Å². The monoisotopic (exact) mass is 360 g/mol. The van der Waals surface area contributed by atoms with E-state index in [-0.39, 0.29) is 17.4 Å². The third-order valence-electron chi connectivity index (χ3n) is 5.32. The van der Waals surface area contributed by atoms with Crippen LogP contribution in [-0.4, -0.2) is 55.9 Å². The van der Waals surface area contributed by atoms with E-state index in [1.807, 2.05) is 13.0 Å². The molecular weight excluding hydrogens is 328 g/mol. The molecule has 1 aromatic carbocycles. The smallest absolute Gasteiger partial charge is 0.248 e. The molecule has 2 atom stereocenters. The van der Waals surface area contributed by atoms with Crippen LogP contribution in [-0.2, 0) is 20.8 Å². The Hall–Kier alpha value is -1.43. The van der Waals surface area contributed by atoms with Crippen LogP contribution in [0.5, 0.6) is 0 Å². The van der Waals surface area contributed by atoms with Crippen molar-refractivity contribution in [2.45, 2.75) is 51.9 Å². The molecule has 0 saturated carbocycles. The maximum atomic E-state index is 12.3. The Bertz CT molecular complexity index is 566. The van der Waals surface area contributed by atoms with Crippen LogP contribution in [0.25, 0.3) is 0 Å². The molecule has 5 nitrogen and oxygen atoms in total. The molecule has 5 heteroatoms. The highest BCUT2D eigenvalue weighted by atomic mass is 16.5. The molecule has 0 aliphatic carbocycles. The summed E-state index contributed by atoms with van der Waals surface area (Å²) in [5.74, 6) is -0.0245. The van der Waals surface area contributed by atoms with E-state index in [1.54, 1.807) is 0 Å². The van der Waals surface area contributed by atoms with Crippen molar-refractivity contribution in [1.29, 1.82) is 0 Å². The highest BCUT2D eigenvalue weighted by Gasteiger charge is 2.38. The Morgan fingerprint density at radius 3 is 2.81 bits per heavy atom. The number of hydrogen-bond acceptors (Lipinski definition) is 4. The number of carbonyl (C=O) groups excluding carboxylic acids is 1. The van der Waals surface area contributed by atoms with Gasteiger partial charge in [0.1, 0.15) is 6.10 Å². The van der Waals surface area contributed by atoms with Gasteiger partial charge in [0, 0.05) is 38.2 Å². The first-order valence-corrected chi connectivity index (χ1v) is 9.81. The molecule has 26 heavy (non-hydrogen) atoms. The number of amides is 1. The molecule has 1 N–H and O–H groups in total. The van der Waals surface area contributed by atoms with Crippen LogP contribution in [0, 0.1) is 5.41 Å². The summed E-state index contributed by atoms with van der Waals surface area (Å²) in [6.45, 7) is 9.07. The molecule has 0 bridgehead atoms. The number of hydrogen-bond donors (Lipinski definition) is 1. The Kier molecular flexibility index (Phi) is 6.68. The second-order valence-electron chi connectivity index (χ2n) is 8.12. The summed E-state index contributed by atoms with van der Waals surface area (Å²) in [4.78, 5) is 14.7. The third-order valence-corrected chi connectivity index (χ3v) is 5.32. The highest BCUT2D eigenvalue weighted by molar-refractivity contribution is 5.80. The van der Waals surface area contributed by atoms with Crippen LogP contribution in [0.4, 0.5) is 0 Å². The molecule has 2 aliphatic rings. The van der Waals surface area contributed by atoms with Crippen molar-refractivity contribution in [3.63, 3.8) is 0 Å². The zero-order valence-corrected chi connectivity index (χ0v) is 16.1. The quantitative estimate of drug-likeness (QED) is 0.774. The Morgan fingerprint density at radius 1 is 1.35 bits per heavy atom. The van der Waals surface area contributed by atoms with E-state index in [4.69, 9.17) is 9.47 Å². The van der Waals surface area contributed by atoms with Gasteiger partial charge < -0.3 is 14.8 Å². The standard InChI is InChI=1S/C21H32N2O3/c1-17(26-13-19-10-6-7-11-25-19)20(24)22-14-21(2)15-23(16-21)12-18-8-4-3-5-9-18/h3-5,8-9,17,19H,6-7,10-16H2,1-2H3,(H,22,24)/t17-,19+/m0/s1. The lowest BCUT2D eigenvalue weighted by Gasteiger charge is -2.48. The highest BCUT2D eigenvalue weighted by Crippen LogP contribution is 2.30. The van der Waals surface area contributed by atoms with Gasteiger partial charge in [-0.25, -0.2) is 0 Å². The summed E-state index contributed by atoms with van der Waals surface area (Å²) in [6.07, 6.45) is 3.07. The fourth-order valence-electron chi connectivity index (χ4n) is 3.81. The maximum absolute atomic E-state index is 12.3.